The number of ether oxygens (including phenoxy) is 1. The molecular weight excluding hydrogens is 952 g/mol. The predicted molar refractivity (Wildman–Crippen MR) is 323 cm³/mol. The molecule has 0 rings (SSSR count). The molecule has 0 aliphatic carbocycles. The number of nitrogens with zero attached hydrogens (tertiary/aromatic N) is 1. The fraction of sp³-hybridized carbons (Fsp3) is 0.815. The van der Waals surface area contributed by atoms with Crippen molar-refractivity contribution in [2.45, 2.75) is 303 Å². The number of phosphoric acid groups is 1. The van der Waals surface area contributed by atoms with Gasteiger partial charge < -0.3 is 19.4 Å². The van der Waals surface area contributed by atoms with Crippen molar-refractivity contribution < 1.29 is 37.3 Å². The van der Waals surface area contributed by atoms with Crippen LogP contribution in [0.3, 0.4) is 0 Å². The fourth-order valence-corrected chi connectivity index (χ4v) is 9.79. The van der Waals surface area contributed by atoms with Gasteiger partial charge in [-0.15, -0.1) is 0 Å². The topological polar surface area (TPSA) is 111 Å². The van der Waals surface area contributed by atoms with Crippen LogP contribution < -0.4 is 5.32 Å². The van der Waals surface area contributed by atoms with Crippen LogP contribution >= 0.6 is 7.82 Å². The van der Waals surface area contributed by atoms with Crippen LogP contribution in [0.2, 0.25) is 0 Å². The van der Waals surface area contributed by atoms with E-state index in [1.54, 1.807) is 0 Å². The van der Waals surface area contributed by atoms with Crippen LogP contribution in [0.4, 0.5) is 0 Å². The summed E-state index contributed by atoms with van der Waals surface area (Å²) in [6.45, 7) is 6.98. The van der Waals surface area contributed by atoms with Gasteiger partial charge in [-0.1, -0.05) is 268 Å². The Bertz CT molecular complexity index is 1470. The Hall–Kier alpha value is -2.29. The Kier molecular flexibility index (Phi) is 53.4. The van der Waals surface area contributed by atoms with E-state index in [0.29, 0.717) is 23.9 Å². The van der Waals surface area contributed by atoms with Crippen molar-refractivity contribution >= 4 is 19.7 Å². The van der Waals surface area contributed by atoms with Gasteiger partial charge in [-0.3, -0.25) is 18.6 Å². The molecule has 9 nitrogen and oxygen atoms in total. The summed E-state index contributed by atoms with van der Waals surface area (Å²) in [5, 5.41) is 3.05. The highest BCUT2D eigenvalue weighted by molar-refractivity contribution is 7.47. The van der Waals surface area contributed by atoms with Crippen molar-refractivity contribution in [1.82, 2.24) is 5.32 Å². The first-order valence-electron chi connectivity index (χ1n) is 31.6. The lowest BCUT2D eigenvalue weighted by molar-refractivity contribution is -0.870. The predicted octanol–water partition coefficient (Wildman–Crippen LogP) is 19.4. The second-order valence-electron chi connectivity index (χ2n) is 22.6. The molecule has 0 aliphatic heterocycles. The van der Waals surface area contributed by atoms with Gasteiger partial charge >= 0.3 is 13.8 Å². The molecule has 75 heavy (non-hydrogen) atoms. The van der Waals surface area contributed by atoms with Gasteiger partial charge in [0, 0.05) is 12.8 Å². The van der Waals surface area contributed by atoms with E-state index in [4.69, 9.17) is 13.8 Å². The maximum absolute atomic E-state index is 13.6. The molecule has 0 aromatic carbocycles. The van der Waals surface area contributed by atoms with Crippen LogP contribution in [0.5, 0.6) is 0 Å². The lowest BCUT2D eigenvalue weighted by Crippen LogP contribution is -2.47. The number of unbranched alkanes of at least 4 members (excludes halogenated alkanes) is 33. The van der Waals surface area contributed by atoms with Gasteiger partial charge in [0.15, 0.2) is 0 Å². The maximum Gasteiger partial charge on any atom is 0.472 e. The first kappa shape index (κ1) is 72.7. The summed E-state index contributed by atoms with van der Waals surface area (Å²) in [4.78, 5) is 37.7. The van der Waals surface area contributed by atoms with Crippen molar-refractivity contribution in [2.75, 3.05) is 40.9 Å². The molecule has 0 bridgehead atoms. The van der Waals surface area contributed by atoms with Crippen molar-refractivity contribution in [1.29, 1.82) is 0 Å². The number of allylic oxidation sites excluding steroid dienone is 9. The summed E-state index contributed by atoms with van der Waals surface area (Å²) in [7, 11) is 1.47. The number of amides is 1. The van der Waals surface area contributed by atoms with Gasteiger partial charge in [-0.05, 0) is 70.3 Å². The molecule has 0 spiro atoms. The van der Waals surface area contributed by atoms with E-state index in [1.165, 1.54) is 186 Å². The molecule has 1 amide bonds. The summed E-state index contributed by atoms with van der Waals surface area (Å²) < 4.78 is 30.7. The molecule has 0 saturated carbocycles. The second-order valence-corrected chi connectivity index (χ2v) is 24.0. The van der Waals surface area contributed by atoms with Crippen molar-refractivity contribution in [3.8, 4) is 0 Å². The summed E-state index contributed by atoms with van der Waals surface area (Å²) in [6, 6.07) is -0.869. The minimum Gasteiger partial charge on any atom is -0.456 e. The Morgan fingerprint density at radius 3 is 1.27 bits per heavy atom. The van der Waals surface area contributed by atoms with E-state index in [-0.39, 0.29) is 31.5 Å². The van der Waals surface area contributed by atoms with Crippen LogP contribution in [0.15, 0.2) is 60.8 Å². The summed E-state index contributed by atoms with van der Waals surface area (Å²) in [5.41, 5.74) is 0. The van der Waals surface area contributed by atoms with Crippen molar-refractivity contribution in [2.24, 2.45) is 0 Å². The Balaban J connectivity index is 5.33. The highest BCUT2D eigenvalue weighted by atomic mass is 31.2. The molecule has 0 fully saturated rings. The lowest BCUT2D eigenvalue weighted by atomic mass is 10.0. The first-order valence-corrected chi connectivity index (χ1v) is 33.1. The summed E-state index contributed by atoms with van der Waals surface area (Å²) in [6.07, 6.45) is 69.4. The minimum atomic E-state index is -4.46. The molecule has 2 N–H and O–H groups in total. The number of esters is 1. The van der Waals surface area contributed by atoms with Gasteiger partial charge in [0.1, 0.15) is 19.3 Å². The van der Waals surface area contributed by atoms with Gasteiger partial charge in [-0.2, -0.15) is 0 Å². The molecule has 0 aromatic heterocycles. The van der Waals surface area contributed by atoms with Crippen LogP contribution in [-0.2, 0) is 27.9 Å². The quantitative estimate of drug-likeness (QED) is 0.0205. The fourth-order valence-electron chi connectivity index (χ4n) is 9.05. The Morgan fingerprint density at radius 1 is 0.467 bits per heavy atom. The zero-order valence-electron chi connectivity index (χ0n) is 50.0. The van der Waals surface area contributed by atoms with Crippen molar-refractivity contribution in [3.63, 3.8) is 0 Å². The van der Waals surface area contributed by atoms with Gasteiger partial charge in [0.25, 0.3) is 0 Å². The van der Waals surface area contributed by atoms with Crippen LogP contribution in [-0.4, -0.2) is 74.3 Å². The standard InChI is InChI=1S/C65H121N2O7P/c1-7-10-13-16-19-22-25-28-30-32-33-35-36-39-42-45-48-51-54-57-64(68)66-62(61-73-75(70,71)72-60-59-67(4,5)6)63(56-53-50-47-44-41-38-27-24-21-18-15-12-9-3)74-65(69)58-55-52-49-46-43-40-37-34-31-29-26-23-20-17-14-11-8-2/h20,23,29,31,37,40,46,49,53,56,62-63H,7-19,21-22,24-28,30,32-36,38-39,41-45,47-48,50-52,54-55,57-61H2,1-6H3,(H-,66,68,70,71)/p+1/b23-20-,31-29-,40-37-,49-46-,56-53+. The maximum atomic E-state index is 13.6. The largest absolute Gasteiger partial charge is 0.472 e. The van der Waals surface area contributed by atoms with Gasteiger partial charge in [-0.25, -0.2) is 4.57 Å². The SMILES string of the molecule is CCCCC/C=C\C/C=C\C/C=C\C/C=C\CCCC(=O)OC(/C=C/CCCCCCCCCCCCC)C(COP(=O)(O)OCC[N+](C)(C)C)NC(=O)CCCCCCCCCCCCCCCCCCCCC. The molecule has 3 unspecified atom stereocenters. The molecule has 0 heterocycles. The van der Waals surface area contributed by atoms with E-state index in [9.17, 15) is 19.0 Å². The molecule has 3 atom stereocenters. The average Bonchev–Trinajstić information content (AvgIpc) is 3.37. The zero-order chi connectivity index (χ0) is 55.0. The van der Waals surface area contributed by atoms with E-state index >= 15 is 0 Å². The molecule has 438 valence electrons. The minimum absolute atomic E-state index is 0.0322. The van der Waals surface area contributed by atoms with Gasteiger partial charge in [0.05, 0.1) is 33.8 Å². The summed E-state index contributed by atoms with van der Waals surface area (Å²) >= 11 is 0. The monoisotopic (exact) mass is 1070 g/mol. The van der Waals surface area contributed by atoms with Crippen LogP contribution in [0, 0.1) is 0 Å². The normalized spacial score (nSPS) is 14.1. The lowest BCUT2D eigenvalue weighted by Gasteiger charge is -2.27. The van der Waals surface area contributed by atoms with E-state index in [2.05, 4.69) is 74.7 Å². The highest BCUT2D eigenvalue weighted by Crippen LogP contribution is 2.43. The molecule has 0 aromatic rings. The molecule has 10 heteroatoms. The molecule has 0 radical (unpaired) electrons. The smallest absolute Gasteiger partial charge is 0.456 e. The van der Waals surface area contributed by atoms with Gasteiger partial charge in [0.2, 0.25) is 5.91 Å². The number of rotatable bonds is 57. The molecule has 0 saturated heterocycles. The number of carbonyl (C=O) groups is 2. The number of quaternary nitrogens is 1. The molecule has 0 aliphatic rings. The highest BCUT2D eigenvalue weighted by Gasteiger charge is 2.30. The third-order valence-electron chi connectivity index (χ3n) is 14.0. The number of carbonyl (C=O) groups excluding carboxylic acids is 2. The zero-order valence-corrected chi connectivity index (χ0v) is 50.9. The Morgan fingerprint density at radius 2 is 0.827 bits per heavy atom. The third-order valence-corrected chi connectivity index (χ3v) is 14.9. The van der Waals surface area contributed by atoms with Crippen LogP contribution in [0.25, 0.3) is 0 Å². The first-order chi connectivity index (χ1) is 36.4. The number of hydrogen-bond acceptors (Lipinski definition) is 6. The van der Waals surface area contributed by atoms with Crippen molar-refractivity contribution in [3.05, 3.63) is 60.8 Å². The molecular formula is C65H122N2O7P+. The van der Waals surface area contributed by atoms with E-state index < -0.39 is 20.0 Å². The Labute approximate surface area is 464 Å². The third kappa shape index (κ3) is 56.2. The second kappa shape index (κ2) is 55.0. The number of hydrogen-bond donors (Lipinski definition) is 2. The van der Waals surface area contributed by atoms with Crippen LogP contribution in [0.1, 0.15) is 290 Å². The van der Waals surface area contributed by atoms with E-state index in [1.807, 2.05) is 33.3 Å². The number of phosphoric ester groups is 1. The number of likely N-dealkylation sites (N-methyl/N-ethyl adjacent to an activating group) is 1. The number of nitrogens with one attached hydrogen (secondary N) is 1. The average molecular weight is 1070 g/mol. The summed E-state index contributed by atoms with van der Waals surface area (Å²) in [5.74, 6) is -0.561. The van der Waals surface area contributed by atoms with E-state index in [0.717, 1.165) is 64.2 Å².